The van der Waals surface area contributed by atoms with Crippen molar-refractivity contribution >= 4 is 64.3 Å². The van der Waals surface area contributed by atoms with Crippen molar-refractivity contribution in [1.82, 2.24) is 50.8 Å². The van der Waals surface area contributed by atoms with Gasteiger partial charge in [0, 0.05) is 28.2 Å². The molecule has 10 atom stereocenters. The molecule has 0 saturated carbocycles. The van der Waals surface area contributed by atoms with E-state index in [0.29, 0.717) is 23.9 Å². The Kier molecular flexibility index (Phi) is 18.9. The minimum absolute atomic E-state index is 0.137. The van der Waals surface area contributed by atoms with E-state index in [2.05, 4.69) is 31.2 Å². The minimum Gasteiger partial charge on any atom is -0.462 e. The van der Waals surface area contributed by atoms with E-state index in [9.17, 15) is 43.2 Å². The van der Waals surface area contributed by atoms with Crippen LogP contribution >= 0.6 is 0 Å². The van der Waals surface area contributed by atoms with E-state index >= 15 is 0 Å². The molecule has 0 saturated heterocycles. The molecule has 2 aromatic rings. The van der Waals surface area contributed by atoms with Crippen molar-refractivity contribution < 1.29 is 52.6 Å². The Morgan fingerprint density at radius 2 is 1.12 bits per heavy atom. The lowest BCUT2D eigenvalue weighted by Gasteiger charge is -2.37. The fourth-order valence-electron chi connectivity index (χ4n) is 7.98. The fourth-order valence-corrected chi connectivity index (χ4v) is 7.98. The Morgan fingerprint density at radius 3 is 1.57 bits per heavy atom. The first kappa shape index (κ1) is 53.1. The number of ether oxygens (including phenoxy) is 2. The highest BCUT2D eigenvalue weighted by molar-refractivity contribution is 5.99. The van der Waals surface area contributed by atoms with Crippen LogP contribution in [0.4, 0.5) is 0 Å². The quantitative estimate of drug-likeness (QED) is 0.213. The number of esters is 2. The topological polar surface area (TPSA) is 259 Å². The van der Waals surface area contributed by atoms with Gasteiger partial charge in [-0.3, -0.25) is 38.5 Å². The van der Waals surface area contributed by atoms with Crippen LogP contribution in [0.5, 0.6) is 0 Å². The molecule has 0 spiro atoms. The second-order valence-electron chi connectivity index (χ2n) is 17.3. The Balaban J connectivity index is 1.88. The highest BCUT2D eigenvalue weighted by Crippen LogP contribution is 2.22. The smallest absolute Gasteiger partial charge is 0.329 e. The molecular weight excluding hydrogens is 869 g/mol. The summed E-state index contributed by atoms with van der Waals surface area (Å²) >= 11 is 0. The number of nitrogens with zero attached hydrogens (tertiary/aromatic N) is 6. The predicted octanol–water partition coefficient (Wildman–Crippen LogP) is 0.176. The summed E-state index contributed by atoms with van der Waals surface area (Å²) in [6, 6.07) is -3.44. The number of hydrogen-bond donors (Lipinski definition) is 4. The van der Waals surface area contributed by atoms with Gasteiger partial charge >= 0.3 is 11.9 Å². The molecule has 7 amide bonds. The summed E-state index contributed by atoms with van der Waals surface area (Å²) in [5.41, 5.74) is 0.751. The molecule has 0 aliphatic carbocycles. The molecule has 2 unspecified atom stereocenters. The molecular formula is C46H66N10O11. The number of nitrogens with one attached hydrogen (secondary N) is 4. The molecule has 1 aromatic heterocycles. The van der Waals surface area contributed by atoms with E-state index in [1.807, 2.05) is 6.92 Å². The monoisotopic (exact) mass is 934 g/mol. The Morgan fingerprint density at radius 1 is 0.687 bits per heavy atom. The normalized spacial score (nSPS) is 27.6. The lowest BCUT2D eigenvalue weighted by atomic mass is 9.96. The zero-order valence-electron chi connectivity index (χ0n) is 40.2. The molecule has 0 radical (unpaired) electrons. The van der Waals surface area contributed by atoms with E-state index in [-0.39, 0.29) is 18.5 Å². The van der Waals surface area contributed by atoms with Gasteiger partial charge in [0.2, 0.25) is 35.4 Å². The number of hydrogen-bond acceptors (Lipinski definition) is 14. The molecule has 21 nitrogen and oxygen atoms in total. The number of aromatic nitrogens is 2. The SMILES string of the molecule is CCC(C)[C@H]1C(=O)OC[C@@H](NC(=O)c2cnc3ccccc3n2)C(=O)N[C@@H](C)C(=O)N(C)[C@H]2C/C=C\C[C@@H](C(=O)N1C)N(C)C(=O)[C@H](C)NC(=O)[C@H](NC)COC(=O)[C@H](C(C)CC)N(C)C2=O. The molecule has 366 valence electrons. The molecule has 67 heavy (non-hydrogen) atoms. The van der Waals surface area contributed by atoms with Gasteiger partial charge < -0.3 is 50.3 Å². The summed E-state index contributed by atoms with van der Waals surface area (Å²) in [6.07, 6.45) is 4.89. The largest absolute Gasteiger partial charge is 0.462 e. The van der Waals surface area contributed by atoms with Crippen LogP contribution in [0.3, 0.4) is 0 Å². The standard InChI is InChI=1S/C46H66N10O11/c1-12-25(3)36-45(64)66-23-32(47-7)39(58)49-27(5)41(60)53(8)34-20-16-17-21-35(43(62)55(36)10)54(9)42(61)28(6)50-40(59)33(24-67-46(65)37(26(4)13-2)56(11)44(34)63)52-38(57)31-22-48-29-18-14-15-19-30(29)51-31/h14-19,22,25-28,32-37,47H,12-13,20-21,23-24H2,1-11H3,(H,49,58)(H,50,59)(H,52,57)/b17-16-/t25?,26?,27-,28-,32+,33+,34-,35-,36-,37-/m0/s1. The maximum Gasteiger partial charge on any atom is 0.329 e. The van der Waals surface area contributed by atoms with E-state index < -0.39 is 127 Å². The molecule has 3 heterocycles. The van der Waals surface area contributed by atoms with Crippen LogP contribution in [0.2, 0.25) is 0 Å². The molecule has 1 aromatic carbocycles. The second-order valence-corrected chi connectivity index (χ2v) is 17.3. The summed E-state index contributed by atoms with van der Waals surface area (Å²) in [4.78, 5) is 140. The van der Waals surface area contributed by atoms with E-state index in [1.54, 1.807) is 57.2 Å². The van der Waals surface area contributed by atoms with Crippen molar-refractivity contribution in [2.75, 3.05) is 48.5 Å². The first-order valence-electron chi connectivity index (χ1n) is 22.5. The van der Waals surface area contributed by atoms with Crippen LogP contribution in [0.1, 0.15) is 77.7 Å². The van der Waals surface area contributed by atoms with Gasteiger partial charge in [-0.25, -0.2) is 14.6 Å². The molecule has 4 rings (SSSR count). The maximum atomic E-state index is 14.7. The Bertz CT molecular complexity index is 2210. The summed E-state index contributed by atoms with van der Waals surface area (Å²) in [5.74, 6) is -7.94. The van der Waals surface area contributed by atoms with Crippen LogP contribution in [0.25, 0.3) is 11.0 Å². The predicted molar refractivity (Wildman–Crippen MR) is 244 cm³/mol. The minimum atomic E-state index is -1.62. The highest BCUT2D eigenvalue weighted by Gasteiger charge is 2.42. The third-order valence-corrected chi connectivity index (χ3v) is 12.7. The van der Waals surface area contributed by atoms with Gasteiger partial charge in [-0.2, -0.15) is 0 Å². The number of rotatable bonds is 7. The van der Waals surface area contributed by atoms with E-state index in [4.69, 9.17) is 9.47 Å². The van der Waals surface area contributed by atoms with Gasteiger partial charge in [-0.1, -0.05) is 64.8 Å². The van der Waals surface area contributed by atoms with Gasteiger partial charge in [0.15, 0.2) is 0 Å². The zero-order valence-corrected chi connectivity index (χ0v) is 40.2. The Labute approximate surface area is 391 Å². The van der Waals surface area contributed by atoms with Crippen molar-refractivity contribution in [1.29, 1.82) is 0 Å². The number of likely N-dealkylation sites (N-methyl/N-ethyl adjacent to an activating group) is 5. The zero-order chi connectivity index (χ0) is 49.9. The number of amides is 7. The van der Waals surface area contributed by atoms with E-state index in [0.717, 1.165) is 9.80 Å². The van der Waals surface area contributed by atoms with Gasteiger partial charge in [-0.05, 0) is 57.7 Å². The molecule has 2 aliphatic rings. The fraction of sp³-hybridized carbons (Fsp3) is 0.587. The van der Waals surface area contributed by atoms with Crippen LogP contribution in [-0.2, 0) is 47.8 Å². The summed E-state index contributed by atoms with van der Waals surface area (Å²) < 4.78 is 11.4. The number of benzene rings is 1. The van der Waals surface area contributed by atoms with Gasteiger partial charge in [0.25, 0.3) is 5.91 Å². The van der Waals surface area contributed by atoms with Crippen molar-refractivity contribution in [2.45, 2.75) is 116 Å². The van der Waals surface area contributed by atoms with Crippen molar-refractivity contribution in [3.8, 4) is 0 Å². The number of para-hydroxylation sites is 2. The van der Waals surface area contributed by atoms with Crippen LogP contribution in [-0.4, -0.2) is 180 Å². The first-order chi connectivity index (χ1) is 31.7. The average molecular weight is 935 g/mol. The Hall–Kier alpha value is -6.51. The summed E-state index contributed by atoms with van der Waals surface area (Å²) in [6.45, 7) is 8.70. The van der Waals surface area contributed by atoms with Crippen LogP contribution in [0.15, 0.2) is 42.6 Å². The third-order valence-electron chi connectivity index (χ3n) is 12.7. The van der Waals surface area contributed by atoms with Gasteiger partial charge in [-0.15, -0.1) is 0 Å². The van der Waals surface area contributed by atoms with Crippen molar-refractivity contribution in [3.05, 3.63) is 48.3 Å². The molecule has 2 aliphatic heterocycles. The van der Waals surface area contributed by atoms with Crippen LogP contribution < -0.4 is 21.3 Å². The molecule has 4 N–H and O–H groups in total. The third kappa shape index (κ3) is 12.7. The van der Waals surface area contributed by atoms with Crippen molar-refractivity contribution in [2.24, 2.45) is 11.8 Å². The number of carbonyl (C=O) groups is 9. The van der Waals surface area contributed by atoms with Gasteiger partial charge in [0.05, 0.1) is 17.2 Å². The first-order valence-corrected chi connectivity index (χ1v) is 22.5. The van der Waals surface area contributed by atoms with Crippen molar-refractivity contribution in [3.63, 3.8) is 0 Å². The lowest BCUT2D eigenvalue weighted by molar-refractivity contribution is -0.161. The lowest BCUT2D eigenvalue weighted by Crippen LogP contribution is -2.60. The second kappa shape index (κ2) is 23.8. The molecule has 2 bridgehead atoms. The summed E-state index contributed by atoms with van der Waals surface area (Å²) in [7, 11) is 7.01. The number of carbonyl (C=O) groups excluding carboxylic acids is 9. The van der Waals surface area contributed by atoms with Crippen LogP contribution in [0, 0.1) is 11.8 Å². The van der Waals surface area contributed by atoms with Gasteiger partial charge in [0.1, 0.15) is 67.2 Å². The molecule has 21 heteroatoms. The number of fused-ring (bicyclic) bond motifs is 5. The highest BCUT2D eigenvalue weighted by atomic mass is 16.5. The number of cyclic esters (lactones) is 2. The maximum absolute atomic E-state index is 14.7. The molecule has 0 fully saturated rings. The summed E-state index contributed by atoms with van der Waals surface area (Å²) in [5, 5.41) is 10.5. The average Bonchev–Trinajstić information content (AvgIpc) is 3.31. The van der Waals surface area contributed by atoms with E-state index in [1.165, 1.54) is 65.1 Å².